The summed E-state index contributed by atoms with van der Waals surface area (Å²) in [6.07, 6.45) is 5.62. The molecule has 7 aromatic carbocycles. The third-order valence-corrected chi connectivity index (χ3v) is 10.8. The largest absolute Gasteiger partial charge is 0.309 e. The van der Waals surface area contributed by atoms with Crippen molar-refractivity contribution in [1.82, 2.24) is 19.1 Å². The Kier molecular flexibility index (Phi) is 5.97. The van der Waals surface area contributed by atoms with Crippen LogP contribution in [0.2, 0.25) is 0 Å². The minimum absolute atomic E-state index is 0.467. The summed E-state index contributed by atoms with van der Waals surface area (Å²) in [4.78, 5) is 10.8. The van der Waals surface area contributed by atoms with E-state index in [0.717, 1.165) is 45.3 Å². The summed E-state index contributed by atoms with van der Waals surface area (Å²) in [5.41, 5.74) is 11.4. The topological polar surface area (TPSA) is 35.6 Å². The van der Waals surface area contributed by atoms with E-state index in [-0.39, 0.29) is 0 Å². The summed E-state index contributed by atoms with van der Waals surface area (Å²) in [5.74, 6) is 1.14. The first-order chi connectivity index (χ1) is 25.2. The quantitative estimate of drug-likeness (QED) is 0.190. The fraction of sp³-hybridized carbons (Fsp3) is 0.0638. The number of fused-ring (bicyclic) bond motifs is 10. The molecule has 0 spiro atoms. The third-order valence-electron chi connectivity index (χ3n) is 10.8. The number of rotatable bonds is 3. The van der Waals surface area contributed by atoms with Crippen LogP contribution in [-0.2, 0) is 6.42 Å². The molecular formula is C47H32N4. The number of hydrogen-bond donors (Lipinski definition) is 0. The molecule has 0 saturated carbocycles. The maximum absolute atomic E-state index is 5.47. The molecule has 0 aliphatic heterocycles. The van der Waals surface area contributed by atoms with E-state index >= 15 is 0 Å². The standard InChI is InChI=1S/C47H32N4/c1-29-18-19-31-22-25-43-45(39(31)26-29)38-24-23-34(50-41-16-8-5-12-35(41)36-13-6-9-17-42(36)50)28-44(38)51(43)47-48-40-15-7-4-14-37(40)46(49-47)33-21-20-30-10-2-3-11-32(30)27-33/h2-25,27-29H,26H2,1H3. The molecule has 4 heteroatoms. The van der Waals surface area contributed by atoms with E-state index in [1.807, 2.05) is 0 Å². The molecule has 0 bridgehead atoms. The molecule has 240 valence electrons. The summed E-state index contributed by atoms with van der Waals surface area (Å²) < 4.78 is 4.70. The zero-order chi connectivity index (χ0) is 33.6. The predicted octanol–water partition coefficient (Wildman–Crippen LogP) is 11.8. The van der Waals surface area contributed by atoms with Crippen LogP contribution in [0, 0.1) is 5.92 Å². The Labute approximate surface area is 294 Å². The summed E-state index contributed by atoms with van der Waals surface area (Å²) in [6, 6.07) is 52.5. The molecular weight excluding hydrogens is 621 g/mol. The van der Waals surface area contributed by atoms with Crippen LogP contribution in [0.1, 0.15) is 18.1 Å². The van der Waals surface area contributed by atoms with Crippen LogP contribution in [-0.4, -0.2) is 19.1 Å². The van der Waals surface area contributed by atoms with Crippen molar-refractivity contribution in [3.05, 3.63) is 163 Å². The van der Waals surface area contributed by atoms with Gasteiger partial charge in [0.15, 0.2) is 0 Å². The maximum Gasteiger partial charge on any atom is 0.235 e. The average molecular weight is 653 g/mol. The lowest BCUT2D eigenvalue weighted by Gasteiger charge is -2.17. The van der Waals surface area contributed by atoms with Gasteiger partial charge in [-0.1, -0.05) is 122 Å². The summed E-state index contributed by atoms with van der Waals surface area (Å²) in [7, 11) is 0. The molecule has 0 amide bonds. The average Bonchev–Trinajstić information content (AvgIpc) is 3.70. The zero-order valence-electron chi connectivity index (χ0n) is 28.1. The normalized spacial score (nSPS) is 14.4. The highest BCUT2D eigenvalue weighted by Crippen LogP contribution is 2.41. The van der Waals surface area contributed by atoms with Crippen LogP contribution >= 0.6 is 0 Å². The molecule has 4 nitrogen and oxygen atoms in total. The number of benzene rings is 7. The molecule has 3 heterocycles. The Hall–Kier alpha value is -6.52. The summed E-state index contributed by atoms with van der Waals surface area (Å²) >= 11 is 0. The van der Waals surface area contributed by atoms with E-state index < -0.39 is 0 Å². The van der Waals surface area contributed by atoms with Crippen LogP contribution in [0.25, 0.3) is 94.3 Å². The Morgan fingerprint density at radius 1 is 0.549 bits per heavy atom. The minimum atomic E-state index is 0.467. The van der Waals surface area contributed by atoms with E-state index in [1.165, 1.54) is 54.5 Å². The molecule has 51 heavy (non-hydrogen) atoms. The fourth-order valence-corrected chi connectivity index (χ4v) is 8.49. The van der Waals surface area contributed by atoms with E-state index in [9.17, 15) is 0 Å². The Bertz CT molecular complexity index is 3030. The molecule has 0 radical (unpaired) electrons. The van der Waals surface area contributed by atoms with Crippen molar-refractivity contribution < 1.29 is 0 Å². The highest BCUT2D eigenvalue weighted by Gasteiger charge is 2.23. The summed E-state index contributed by atoms with van der Waals surface area (Å²) in [6.45, 7) is 2.31. The van der Waals surface area contributed by atoms with Crippen molar-refractivity contribution in [2.45, 2.75) is 13.3 Å². The third kappa shape index (κ3) is 4.20. The summed E-state index contributed by atoms with van der Waals surface area (Å²) in [5, 5.41) is 8.46. The number of allylic oxidation sites excluding steroid dienone is 1. The van der Waals surface area contributed by atoms with Gasteiger partial charge in [0.25, 0.3) is 0 Å². The monoisotopic (exact) mass is 652 g/mol. The first-order valence-corrected chi connectivity index (χ1v) is 17.7. The van der Waals surface area contributed by atoms with Crippen molar-refractivity contribution >= 4 is 71.4 Å². The lowest BCUT2D eigenvalue weighted by atomic mass is 9.88. The van der Waals surface area contributed by atoms with Crippen LogP contribution in [0.5, 0.6) is 0 Å². The van der Waals surface area contributed by atoms with Gasteiger partial charge in [-0.3, -0.25) is 4.57 Å². The van der Waals surface area contributed by atoms with Gasteiger partial charge >= 0.3 is 0 Å². The molecule has 1 unspecified atom stereocenters. The maximum atomic E-state index is 5.47. The second-order valence-corrected chi connectivity index (χ2v) is 13.9. The van der Waals surface area contributed by atoms with Crippen LogP contribution in [0.4, 0.5) is 0 Å². The predicted molar refractivity (Wildman–Crippen MR) is 213 cm³/mol. The zero-order valence-corrected chi connectivity index (χ0v) is 28.1. The van der Waals surface area contributed by atoms with E-state index in [1.54, 1.807) is 0 Å². The lowest BCUT2D eigenvalue weighted by molar-refractivity contribution is 0.721. The van der Waals surface area contributed by atoms with Crippen LogP contribution in [0.3, 0.4) is 0 Å². The number of nitrogens with zero attached hydrogens (tertiary/aromatic N) is 4. The fourth-order valence-electron chi connectivity index (χ4n) is 8.49. The van der Waals surface area contributed by atoms with Gasteiger partial charge in [-0.15, -0.1) is 0 Å². The smallest absolute Gasteiger partial charge is 0.235 e. The van der Waals surface area contributed by atoms with Crippen molar-refractivity contribution in [2.75, 3.05) is 0 Å². The molecule has 0 N–H and O–H groups in total. The van der Waals surface area contributed by atoms with Gasteiger partial charge in [0.05, 0.1) is 33.3 Å². The van der Waals surface area contributed by atoms with Gasteiger partial charge in [-0.2, -0.15) is 0 Å². The van der Waals surface area contributed by atoms with Gasteiger partial charge in [-0.05, 0) is 76.7 Å². The van der Waals surface area contributed by atoms with Crippen LogP contribution in [0.15, 0.2) is 152 Å². The van der Waals surface area contributed by atoms with Gasteiger partial charge in [0, 0.05) is 38.2 Å². The number of para-hydroxylation sites is 3. The van der Waals surface area contributed by atoms with Crippen molar-refractivity contribution in [2.24, 2.45) is 5.92 Å². The van der Waals surface area contributed by atoms with E-state index in [0.29, 0.717) is 11.9 Å². The number of aromatic nitrogens is 4. The Morgan fingerprint density at radius 2 is 1.27 bits per heavy atom. The molecule has 1 aliphatic carbocycles. The molecule has 3 aromatic heterocycles. The molecule has 0 fully saturated rings. The minimum Gasteiger partial charge on any atom is -0.309 e. The highest BCUT2D eigenvalue weighted by molar-refractivity contribution is 6.13. The Balaban J connectivity index is 1.25. The lowest BCUT2D eigenvalue weighted by Crippen LogP contribution is -2.05. The number of hydrogen-bond acceptors (Lipinski definition) is 2. The molecule has 1 atom stereocenters. The molecule has 1 aliphatic rings. The SMILES string of the molecule is CC1C=Cc2ccc3c(c2C1)c1ccc(-n2c4ccccc4c4ccccc42)cc1n3-c1nc(-c2ccc3ccccc3c2)c2ccccc2n1. The molecule has 10 aromatic rings. The Morgan fingerprint density at radius 3 is 2.10 bits per heavy atom. The van der Waals surface area contributed by atoms with Crippen molar-refractivity contribution in [3.8, 4) is 22.9 Å². The van der Waals surface area contributed by atoms with Gasteiger partial charge in [-0.25, -0.2) is 9.97 Å². The molecule has 0 saturated heterocycles. The van der Waals surface area contributed by atoms with E-state index in [4.69, 9.17) is 9.97 Å². The van der Waals surface area contributed by atoms with Gasteiger partial charge < -0.3 is 4.57 Å². The van der Waals surface area contributed by atoms with Gasteiger partial charge in [0.1, 0.15) is 0 Å². The second kappa shape index (κ2) is 10.7. The highest BCUT2D eigenvalue weighted by atomic mass is 15.2. The first kappa shape index (κ1) is 28.3. The second-order valence-electron chi connectivity index (χ2n) is 13.9. The van der Waals surface area contributed by atoms with E-state index in [2.05, 4.69) is 174 Å². The van der Waals surface area contributed by atoms with Crippen molar-refractivity contribution in [3.63, 3.8) is 0 Å². The first-order valence-electron chi connectivity index (χ1n) is 17.7. The van der Waals surface area contributed by atoms with Crippen LogP contribution < -0.4 is 0 Å². The van der Waals surface area contributed by atoms with Crippen molar-refractivity contribution in [1.29, 1.82) is 0 Å². The molecule has 11 rings (SSSR count). The van der Waals surface area contributed by atoms with Gasteiger partial charge in [0.2, 0.25) is 5.95 Å².